The summed E-state index contributed by atoms with van der Waals surface area (Å²) in [6, 6.07) is 0. The van der Waals surface area contributed by atoms with Crippen molar-refractivity contribution in [2.45, 2.75) is 6.61 Å². The van der Waals surface area contributed by atoms with Gasteiger partial charge in [-0.3, -0.25) is 4.57 Å². The van der Waals surface area contributed by atoms with E-state index in [0.29, 0.717) is 4.57 Å². The molecule has 0 aliphatic rings. The van der Waals surface area contributed by atoms with Gasteiger partial charge in [-0.1, -0.05) is 0 Å². The van der Waals surface area contributed by atoms with Crippen molar-refractivity contribution in [1.29, 1.82) is 0 Å². The zero-order valence-electron chi connectivity index (χ0n) is 8.46. The average Bonchev–Trinajstić information content (AvgIpc) is 2.82. The van der Waals surface area contributed by atoms with Crippen LogP contribution in [-0.2, 0) is 6.61 Å². The van der Waals surface area contributed by atoms with Crippen LogP contribution in [-0.4, -0.2) is 19.9 Å². The molecule has 0 unspecified atom stereocenters. The monoisotopic (exact) mass is 265 g/mol. The molecule has 0 aliphatic heterocycles. The van der Waals surface area contributed by atoms with Gasteiger partial charge in [0, 0.05) is 0 Å². The molecule has 0 fully saturated rings. The summed E-state index contributed by atoms with van der Waals surface area (Å²) in [6.45, 7) is -0.778. The van der Waals surface area contributed by atoms with Gasteiger partial charge in [0.05, 0.1) is 0 Å². The molecule has 0 bridgehead atoms. The van der Waals surface area contributed by atoms with Crippen LogP contribution in [0.25, 0.3) is 5.69 Å². The Morgan fingerprint density at radius 1 is 0.944 bits per heavy atom. The van der Waals surface area contributed by atoms with E-state index in [-0.39, 0.29) is 5.82 Å². The highest BCUT2D eigenvalue weighted by molar-refractivity contribution is 5.38. The minimum Gasteiger partial charge on any atom is -0.388 e. The van der Waals surface area contributed by atoms with Crippen LogP contribution >= 0.6 is 0 Å². The molecule has 0 amide bonds. The molecule has 2 aromatic rings. The van der Waals surface area contributed by atoms with Gasteiger partial charge in [-0.2, -0.15) is 0 Å². The first-order valence-electron chi connectivity index (χ1n) is 4.50. The van der Waals surface area contributed by atoms with E-state index in [1.54, 1.807) is 0 Å². The second-order valence-corrected chi connectivity index (χ2v) is 3.19. The lowest BCUT2D eigenvalue weighted by molar-refractivity contribution is 0.268. The predicted octanol–water partition coefficient (Wildman–Crippen LogP) is 1.46. The molecule has 2 rings (SSSR count). The van der Waals surface area contributed by atoms with Crippen molar-refractivity contribution in [3.8, 4) is 5.69 Å². The van der Waals surface area contributed by atoms with Crippen LogP contribution in [0.15, 0.2) is 6.33 Å². The summed E-state index contributed by atoms with van der Waals surface area (Å²) >= 11 is 0. The quantitative estimate of drug-likeness (QED) is 0.508. The van der Waals surface area contributed by atoms with E-state index in [2.05, 4.69) is 10.2 Å². The van der Waals surface area contributed by atoms with Crippen molar-refractivity contribution in [1.82, 2.24) is 14.8 Å². The molecule has 0 aliphatic carbocycles. The van der Waals surface area contributed by atoms with Crippen molar-refractivity contribution in [2.75, 3.05) is 0 Å². The number of nitrogens with zero attached hydrogens (tertiary/aromatic N) is 3. The third-order valence-electron chi connectivity index (χ3n) is 2.19. The van der Waals surface area contributed by atoms with Crippen LogP contribution in [0, 0.1) is 29.1 Å². The highest BCUT2D eigenvalue weighted by atomic mass is 19.2. The standard InChI is InChI=1S/C9H4F5N3O/c10-4-5(11)7(13)9(8(14)6(4)12)17-2-15-16-3(17)1-18/h2,18H,1H2. The van der Waals surface area contributed by atoms with Gasteiger partial charge in [0.15, 0.2) is 29.1 Å². The Balaban J connectivity index is 2.80. The highest BCUT2D eigenvalue weighted by Gasteiger charge is 2.27. The van der Waals surface area contributed by atoms with E-state index < -0.39 is 41.4 Å². The maximum Gasteiger partial charge on any atom is 0.200 e. The van der Waals surface area contributed by atoms with Gasteiger partial charge < -0.3 is 5.11 Å². The molecule has 1 heterocycles. The molecular weight excluding hydrogens is 261 g/mol. The van der Waals surface area contributed by atoms with Crippen molar-refractivity contribution >= 4 is 0 Å². The summed E-state index contributed by atoms with van der Waals surface area (Å²) in [6.07, 6.45) is 0.726. The third kappa shape index (κ3) is 1.63. The fraction of sp³-hybridized carbons (Fsp3) is 0.111. The molecule has 1 N–H and O–H groups in total. The largest absolute Gasteiger partial charge is 0.388 e. The zero-order chi connectivity index (χ0) is 13.4. The summed E-state index contributed by atoms with van der Waals surface area (Å²) in [5.74, 6) is -10.8. The summed E-state index contributed by atoms with van der Waals surface area (Å²) in [5, 5.41) is 15.3. The Morgan fingerprint density at radius 3 is 1.94 bits per heavy atom. The number of aliphatic hydroxyl groups is 1. The molecule has 18 heavy (non-hydrogen) atoms. The number of hydrogen-bond donors (Lipinski definition) is 1. The molecule has 0 saturated heterocycles. The SMILES string of the molecule is OCc1nncn1-c1c(F)c(F)c(F)c(F)c1F. The first-order chi connectivity index (χ1) is 8.49. The van der Waals surface area contributed by atoms with E-state index in [4.69, 9.17) is 5.11 Å². The number of halogens is 5. The van der Waals surface area contributed by atoms with E-state index >= 15 is 0 Å². The van der Waals surface area contributed by atoms with Crippen LogP contribution in [0.3, 0.4) is 0 Å². The highest BCUT2D eigenvalue weighted by Crippen LogP contribution is 2.26. The van der Waals surface area contributed by atoms with E-state index in [0.717, 1.165) is 6.33 Å². The Morgan fingerprint density at radius 2 is 1.44 bits per heavy atom. The van der Waals surface area contributed by atoms with Crippen molar-refractivity contribution in [2.24, 2.45) is 0 Å². The lowest BCUT2D eigenvalue weighted by atomic mass is 10.2. The van der Waals surface area contributed by atoms with Gasteiger partial charge in [-0.15, -0.1) is 10.2 Å². The van der Waals surface area contributed by atoms with Gasteiger partial charge in [-0.25, -0.2) is 22.0 Å². The van der Waals surface area contributed by atoms with Crippen molar-refractivity contribution < 1.29 is 27.1 Å². The number of aliphatic hydroxyl groups excluding tert-OH is 1. The van der Waals surface area contributed by atoms with Crippen LogP contribution < -0.4 is 0 Å². The first kappa shape index (κ1) is 12.4. The number of rotatable bonds is 2. The molecule has 0 saturated carbocycles. The smallest absolute Gasteiger partial charge is 0.200 e. The fourth-order valence-corrected chi connectivity index (χ4v) is 1.36. The van der Waals surface area contributed by atoms with Gasteiger partial charge in [0.1, 0.15) is 18.6 Å². The van der Waals surface area contributed by atoms with Gasteiger partial charge in [-0.05, 0) is 0 Å². The Bertz CT molecular complexity index is 583. The topological polar surface area (TPSA) is 50.9 Å². The maximum atomic E-state index is 13.4. The van der Waals surface area contributed by atoms with Crippen LogP contribution in [0.1, 0.15) is 5.82 Å². The maximum absolute atomic E-state index is 13.4. The Labute approximate surface area is 96.3 Å². The van der Waals surface area contributed by atoms with E-state index in [9.17, 15) is 22.0 Å². The van der Waals surface area contributed by atoms with Crippen LogP contribution in [0.2, 0.25) is 0 Å². The Hall–Kier alpha value is -2.03. The van der Waals surface area contributed by atoms with Crippen LogP contribution in [0.5, 0.6) is 0 Å². The average molecular weight is 265 g/mol. The second-order valence-electron chi connectivity index (χ2n) is 3.19. The van der Waals surface area contributed by atoms with Crippen LogP contribution in [0.4, 0.5) is 22.0 Å². The molecule has 0 atom stereocenters. The molecule has 1 aromatic carbocycles. The van der Waals surface area contributed by atoms with E-state index in [1.807, 2.05) is 0 Å². The van der Waals surface area contributed by atoms with Gasteiger partial charge in [0.25, 0.3) is 0 Å². The number of benzene rings is 1. The molecule has 9 heteroatoms. The predicted molar refractivity (Wildman–Crippen MR) is 47.1 cm³/mol. The number of aromatic nitrogens is 3. The fourth-order valence-electron chi connectivity index (χ4n) is 1.36. The molecule has 0 spiro atoms. The zero-order valence-corrected chi connectivity index (χ0v) is 8.46. The molecule has 4 nitrogen and oxygen atoms in total. The summed E-state index contributed by atoms with van der Waals surface area (Å²) in [7, 11) is 0. The molecule has 0 radical (unpaired) electrons. The molecule has 96 valence electrons. The lowest BCUT2D eigenvalue weighted by Crippen LogP contribution is -2.11. The number of hydrogen-bond acceptors (Lipinski definition) is 3. The summed E-state index contributed by atoms with van der Waals surface area (Å²) < 4.78 is 66.0. The van der Waals surface area contributed by atoms with E-state index in [1.165, 1.54) is 0 Å². The normalized spacial score (nSPS) is 11.0. The molecule has 1 aromatic heterocycles. The first-order valence-corrected chi connectivity index (χ1v) is 4.50. The van der Waals surface area contributed by atoms with Crippen molar-refractivity contribution in [3.63, 3.8) is 0 Å². The van der Waals surface area contributed by atoms with Gasteiger partial charge >= 0.3 is 0 Å². The van der Waals surface area contributed by atoms with Crippen molar-refractivity contribution in [3.05, 3.63) is 41.2 Å². The lowest BCUT2D eigenvalue weighted by Gasteiger charge is -2.09. The Kier molecular flexibility index (Phi) is 2.99. The summed E-state index contributed by atoms with van der Waals surface area (Å²) in [4.78, 5) is 0. The third-order valence-corrected chi connectivity index (χ3v) is 2.19. The molecular formula is C9H4F5N3O. The minimum atomic E-state index is -2.26. The summed E-state index contributed by atoms with van der Waals surface area (Å²) in [5.41, 5.74) is -1.24. The second kappa shape index (κ2) is 4.33. The minimum absolute atomic E-state index is 0.363. The van der Waals surface area contributed by atoms with Gasteiger partial charge in [0.2, 0.25) is 5.82 Å².